The van der Waals surface area contributed by atoms with Crippen LogP contribution in [0.3, 0.4) is 0 Å². The van der Waals surface area contributed by atoms with Gasteiger partial charge in [-0.1, -0.05) is 0 Å². The molecule has 34 heavy (non-hydrogen) atoms. The van der Waals surface area contributed by atoms with Crippen molar-refractivity contribution >= 4 is 50.5 Å². The number of halogens is 3. The monoisotopic (exact) mass is 510 g/mol. The van der Waals surface area contributed by atoms with Gasteiger partial charge in [0.2, 0.25) is 0 Å². The molecule has 0 aliphatic carbocycles. The normalized spacial score (nSPS) is 13.6. The predicted octanol–water partition coefficient (Wildman–Crippen LogP) is 7.14. The third-order valence-corrected chi connectivity index (χ3v) is 13.9. The fourth-order valence-corrected chi connectivity index (χ4v) is 10.8. The first kappa shape index (κ1) is 24.6. The molecule has 0 saturated carbocycles. The second-order valence-corrected chi connectivity index (χ2v) is 15.4. The zero-order chi connectivity index (χ0) is 24.0. The molecular weight excluding hydrogens is 485 g/mol. The van der Waals surface area contributed by atoms with Crippen molar-refractivity contribution < 1.29 is 9.18 Å². The molecular formula is C29H26Cl2FOP. The van der Waals surface area contributed by atoms with Crippen molar-refractivity contribution in [3.8, 4) is 0 Å². The number of benzene rings is 4. The second kappa shape index (κ2) is 10.4. The zero-order valence-electron chi connectivity index (χ0n) is 18.7. The van der Waals surface area contributed by atoms with Crippen molar-refractivity contribution in [2.24, 2.45) is 0 Å². The van der Waals surface area contributed by atoms with Gasteiger partial charge in [0.25, 0.3) is 0 Å². The molecule has 0 saturated heterocycles. The maximum atomic E-state index is 13.6. The summed E-state index contributed by atoms with van der Waals surface area (Å²) in [6, 6.07) is 36.0. The minimum absolute atomic E-state index is 0.0528. The Labute approximate surface area is 210 Å². The van der Waals surface area contributed by atoms with E-state index in [1.807, 2.05) is 91.0 Å². The molecule has 0 heterocycles. The summed E-state index contributed by atoms with van der Waals surface area (Å²) in [5.41, 5.74) is 0.799. The fourth-order valence-electron chi connectivity index (χ4n) is 4.47. The molecule has 0 radical (unpaired) electrons. The Bertz CT molecular complexity index is 1130. The fraction of sp³-hybridized carbons (Fsp3) is 0.138. The summed E-state index contributed by atoms with van der Waals surface area (Å²) in [4.78, 5) is 13.6. The van der Waals surface area contributed by atoms with E-state index in [9.17, 15) is 9.18 Å². The average Bonchev–Trinajstić information content (AvgIpc) is 2.89. The molecule has 0 spiro atoms. The van der Waals surface area contributed by atoms with E-state index in [-0.39, 0.29) is 29.6 Å². The van der Waals surface area contributed by atoms with Crippen LogP contribution in [0.5, 0.6) is 0 Å². The van der Waals surface area contributed by atoms with E-state index in [1.54, 1.807) is 12.1 Å². The molecule has 1 atom stereocenters. The molecule has 0 bridgehead atoms. The topological polar surface area (TPSA) is 17.1 Å². The van der Waals surface area contributed by atoms with Crippen LogP contribution in [0.2, 0.25) is 0 Å². The second-order valence-electron chi connectivity index (χ2n) is 8.44. The molecule has 4 rings (SSSR count). The van der Waals surface area contributed by atoms with Crippen LogP contribution >= 0.6 is 28.8 Å². The van der Waals surface area contributed by atoms with E-state index in [1.165, 1.54) is 12.1 Å². The van der Waals surface area contributed by atoms with Crippen LogP contribution in [0, 0.1) is 5.82 Å². The Morgan fingerprint density at radius 2 is 1.12 bits per heavy atom. The summed E-state index contributed by atoms with van der Waals surface area (Å²) in [6.07, 6.45) is 0.925. The van der Waals surface area contributed by atoms with E-state index in [4.69, 9.17) is 22.8 Å². The van der Waals surface area contributed by atoms with Crippen LogP contribution in [0.25, 0.3) is 0 Å². The third kappa shape index (κ3) is 4.82. The van der Waals surface area contributed by atoms with Gasteiger partial charge in [-0.15, -0.1) is 0 Å². The third-order valence-electron chi connectivity index (χ3n) is 6.27. The molecule has 0 amide bonds. The number of carbonyl (C=O) groups excluding carboxylic acids is 1. The van der Waals surface area contributed by atoms with Gasteiger partial charge in [0.1, 0.15) is 0 Å². The van der Waals surface area contributed by atoms with Gasteiger partial charge >= 0.3 is 211 Å². The predicted molar refractivity (Wildman–Crippen MR) is 145 cm³/mol. The molecule has 4 aromatic rings. The molecule has 4 aromatic carbocycles. The molecule has 1 nitrogen and oxygen atoms in total. The van der Waals surface area contributed by atoms with Crippen LogP contribution in [0.15, 0.2) is 115 Å². The van der Waals surface area contributed by atoms with Gasteiger partial charge < -0.3 is 0 Å². The first-order chi connectivity index (χ1) is 16.4. The Kier molecular flexibility index (Phi) is 7.53. The van der Waals surface area contributed by atoms with Crippen molar-refractivity contribution in [1.82, 2.24) is 0 Å². The minimum atomic E-state index is -3.63. The summed E-state index contributed by atoms with van der Waals surface area (Å²) in [7, 11) is 0. The molecule has 0 fully saturated rings. The van der Waals surface area contributed by atoms with Crippen molar-refractivity contribution in [3.63, 3.8) is 0 Å². The van der Waals surface area contributed by atoms with Crippen LogP contribution in [-0.4, -0.2) is 11.9 Å². The van der Waals surface area contributed by atoms with Crippen molar-refractivity contribution in [1.29, 1.82) is 0 Å². The molecule has 0 aromatic heterocycles. The molecule has 174 valence electrons. The molecule has 1 unspecified atom stereocenters. The van der Waals surface area contributed by atoms with Crippen molar-refractivity contribution in [2.75, 3.05) is 6.16 Å². The Balaban J connectivity index is 1.73. The van der Waals surface area contributed by atoms with Gasteiger partial charge in [-0.05, 0) is 0 Å². The summed E-state index contributed by atoms with van der Waals surface area (Å²) in [5.74, 6) is -3.89. The van der Waals surface area contributed by atoms with Gasteiger partial charge in [-0.2, -0.15) is 0 Å². The summed E-state index contributed by atoms with van der Waals surface area (Å²) in [6.45, 7) is 0. The number of hydrogen-bond donors (Lipinski definition) is 0. The molecule has 5 heteroatoms. The first-order valence-electron chi connectivity index (χ1n) is 11.2. The van der Waals surface area contributed by atoms with Crippen LogP contribution in [-0.2, 0) is 4.79 Å². The summed E-state index contributed by atoms with van der Waals surface area (Å²) in [5, 5.41) is 2.50. The molecule has 0 N–H and O–H groups in total. The Morgan fingerprint density at radius 3 is 1.53 bits per heavy atom. The summed E-state index contributed by atoms with van der Waals surface area (Å²) >= 11 is 14.5. The van der Waals surface area contributed by atoms with Crippen LogP contribution in [0.1, 0.15) is 23.8 Å². The van der Waals surface area contributed by atoms with E-state index < -0.39 is 5.96 Å². The number of rotatable bonds is 9. The number of alkyl halides is 1. The van der Waals surface area contributed by atoms with Gasteiger partial charge in [0.15, 0.2) is 0 Å². The average molecular weight is 511 g/mol. The van der Waals surface area contributed by atoms with Gasteiger partial charge in [0.05, 0.1) is 0 Å². The number of carbonyl (C=O) groups is 1. The van der Waals surface area contributed by atoms with E-state index in [2.05, 4.69) is 0 Å². The van der Waals surface area contributed by atoms with E-state index in [0.717, 1.165) is 21.5 Å². The van der Waals surface area contributed by atoms with Crippen LogP contribution in [0.4, 0.5) is 4.39 Å². The Morgan fingerprint density at radius 1 is 0.706 bits per heavy atom. The number of hydrogen-bond acceptors (Lipinski definition) is 1. The van der Waals surface area contributed by atoms with Crippen molar-refractivity contribution in [2.45, 2.75) is 18.2 Å². The Hall–Kier alpha value is -2.51. The molecule has 0 aliphatic heterocycles. The zero-order valence-corrected chi connectivity index (χ0v) is 21.1. The van der Waals surface area contributed by atoms with Crippen molar-refractivity contribution in [3.05, 3.63) is 127 Å². The van der Waals surface area contributed by atoms with E-state index in [0.29, 0.717) is 6.42 Å². The maximum absolute atomic E-state index is 13.6. The number of Topliss-reactive ketones (excluding diaryl/α,β-unsaturated/α-hetero) is 1. The standard InChI is InChI=1S/C29H26Cl2FOP/c30-29(23-16-18-24(32)19-17-23)21-20-25(33)22-34(31,26-10-4-1-5-11-26,27-12-6-2-7-13-27)28-14-8-3-9-15-28/h1-19,29H,20-22H2. The van der Waals surface area contributed by atoms with Gasteiger partial charge in [0, 0.05) is 0 Å². The quantitative estimate of drug-likeness (QED) is 0.173. The van der Waals surface area contributed by atoms with E-state index >= 15 is 0 Å². The first-order valence-corrected chi connectivity index (χ1v) is 15.0. The number of ketones is 1. The van der Waals surface area contributed by atoms with Gasteiger partial charge in [-0.3, -0.25) is 0 Å². The SMILES string of the molecule is O=C(CCC(Cl)c1ccc(F)cc1)CP(Cl)(c1ccccc1)(c1ccccc1)c1ccccc1. The van der Waals surface area contributed by atoms with Crippen LogP contribution < -0.4 is 15.9 Å². The molecule has 0 aliphatic rings. The summed E-state index contributed by atoms with van der Waals surface area (Å²) < 4.78 is 13.3. The van der Waals surface area contributed by atoms with Gasteiger partial charge in [-0.25, -0.2) is 0 Å².